The smallest absolute Gasteiger partial charge is 0.368 e. The van der Waals surface area contributed by atoms with E-state index in [0.717, 1.165) is 25.2 Å². The normalized spacial score (nSPS) is 13.8. The van der Waals surface area contributed by atoms with Gasteiger partial charge in [-0.15, -0.1) is 0 Å². The van der Waals surface area contributed by atoms with E-state index in [-0.39, 0.29) is 15.4 Å². The van der Waals surface area contributed by atoms with Crippen LogP contribution in [0.5, 0.6) is 0 Å². The zero-order valence-corrected chi connectivity index (χ0v) is 16.3. The van der Waals surface area contributed by atoms with Crippen LogP contribution in [0, 0.1) is 0 Å². The summed E-state index contributed by atoms with van der Waals surface area (Å²) in [7, 11) is 0.739. The highest BCUT2D eigenvalue weighted by Gasteiger charge is 2.49. The minimum atomic E-state index is -5.54. The summed E-state index contributed by atoms with van der Waals surface area (Å²) in [4.78, 5) is 11.9. The lowest BCUT2D eigenvalue weighted by Gasteiger charge is -2.19. The number of carbonyl (C=O) groups is 1. The molecule has 0 aliphatic heterocycles. The molecule has 3 N–H and O–H groups in total. The summed E-state index contributed by atoms with van der Waals surface area (Å²) in [6, 6.07) is 2.81. The number of hydrogen-bond donors (Lipinski definition) is 3. The number of carbonyl (C=O) groups excluding carboxylic acids is 1. The molecule has 1 amide bonds. The Morgan fingerprint density at radius 1 is 1.12 bits per heavy atom. The van der Waals surface area contributed by atoms with Crippen LogP contribution in [-0.4, -0.2) is 33.5 Å². The number of amides is 1. The van der Waals surface area contributed by atoms with Crippen LogP contribution in [0.2, 0.25) is 5.02 Å². The zero-order valence-electron chi connectivity index (χ0n) is 15.5. The Balaban J connectivity index is 2.39. The fourth-order valence-corrected chi connectivity index (χ4v) is 2.82. The molecule has 0 aliphatic carbocycles. The Kier molecular flexibility index (Phi) is 6.95. The second-order valence-corrected chi connectivity index (χ2v) is 6.67. The maximum absolute atomic E-state index is 13.3. The van der Waals surface area contributed by atoms with Crippen molar-refractivity contribution in [1.82, 2.24) is 15.1 Å². The van der Waals surface area contributed by atoms with Gasteiger partial charge in [-0.1, -0.05) is 11.6 Å². The largest absolute Gasteiger partial charge is 0.435 e. The van der Waals surface area contributed by atoms with Crippen molar-refractivity contribution in [2.45, 2.75) is 24.8 Å². The molecular weight excluding hydrogens is 487 g/mol. The third kappa shape index (κ3) is 5.97. The fraction of sp³-hybridized carbons (Fsp3) is 0.375. The van der Waals surface area contributed by atoms with Gasteiger partial charge < -0.3 is 15.7 Å². The van der Waals surface area contributed by atoms with Crippen LogP contribution in [0.25, 0.3) is 0 Å². The topological polar surface area (TPSA) is 79.2 Å². The quantitative estimate of drug-likeness (QED) is 0.419. The third-order valence-corrected chi connectivity index (χ3v) is 4.20. The van der Waals surface area contributed by atoms with E-state index >= 15 is 0 Å². The molecule has 0 bridgehead atoms. The summed E-state index contributed by atoms with van der Waals surface area (Å²) in [6.45, 7) is -1.70. The SMILES string of the molecule is Cn1nc(C(F)(F)F)c(C(F)(F)F)c1C(O)Nc1ccc(Cl)c(C(=O)NCC(F)(F)F)c1. The van der Waals surface area contributed by atoms with E-state index in [0.29, 0.717) is 0 Å². The lowest BCUT2D eigenvalue weighted by Crippen LogP contribution is -2.33. The lowest BCUT2D eigenvalue weighted by atomic mass is 10.1. The van der Waals surface area contributed by atoms with Crippen molar-refractivity contribution in [1.29, 1.82) is 0 Å². The van der Waals surface area contributed by atoms with Crippen LogP contribution >= 0.6 is 11.6 Å². The van der Waals surface area contributed by atoms with Crippen LogP contribution in [0.15, 0.2) is 18.2 Å². The van der Waals surface area contributed by atoms with Crippen LogP contribution < -0.4 is 10.6 Å². The first kappa shape index (κ1) is 25.6. The van der Waals surface area contributed by atoms with E-state index in [1.54, 1.807) is 0 Å². The molecular formula is C16H12ClF9N4O2. The first-order valence-electron chi connectivity index (χ1n) is 8.22. The van der Waals surface area contributed by atoms with E-state index in [1.165, 1.54) is 5.32 Å². The van der Waals surface area contributed by atoms with Gasteiger partial charge in [0.15, 0.2) is 11.9 Å². The molecule has 32 heavy (non-hydrogen) atoms. The van der Waals surface area contributed by atoms with Gasteiger partial charge in [-0.05, 0) is 18.2 Å². The number of rotatable bonds is 5. The standard InChI is InChI=1S/C16H12ClF9N4O2/c1-30-10(9(15(21,22)23)11(29-30)16(24,25)26)13(32)28-6-2-3-8(17)7(4-6)12(31)27-5-14(18,19)20/h2-4,13,28,32H,5H2,1H3,(H,27,31). The van der Waals surface area contributed by atoms with Gasteiger partial charge in [0, 0.05) is 12.7 Å². The number of alkyl halides is 9. The van der Waals surface area contributed by atoms with Gasteiger partial charge in [0.2, 0.25) is 0 Å². The van der Waals surface area contributed by atoms with E-state index < -0.39 is 59.7 Å². The van der Waals surface area contributed by atoms with E-state index in [4.69, 9.17) is 11.6 Å². The monoisotopic (exact) mass is 498 g/mol. The molecule has 2 rings (SSSR count). The number of nitrogens with one attached hydrogen (secondary N) is 2. The number of nitrogens with zero attached hydrogens (tertiary/aromatic N) is 2. The van der Waals surface area contributed by atoms with E-state index in [9.17, 15) is 49.4 Å². The van der Waals surface area contributed by atoms with E-state index in [2.05, 4.69) is 5.10 Å². The number of hydrogen-bond acceptors (Lipinski definition) is 4. The lowest BCUT2D eigenvalue weighted by molar-refractivity contribution is -0.164. The summed E-state index contributed by atoms with van der Waals surface area (Å²) in [6.07, 6.45) is -18.2. The minimum absolute atomic E-state index is 0.177. The molecule has 0 aliphatic rings. The molecule has 1 atom stereocenters. The highest BCUT2D eigenvalue weighted by Crippen LogP contribution is 2.43. The predicted molar refractivity (Wildman–Crippen MR) is 91.6 cm³/mol. The molecule has 1 heterocycles. The maximum atomic E-state index is 13.3. The summed E-state index contributed by atoms with van der Waals surface area (Å²) < 4.78 is 116. The van der Waals surface area contributed by atoms with Crippen LogP contribution in [0.4, 0.5) is 45.2 Å². The molecule has 0 fully saturated rings. The van der Waals surface area contributed by atoms with Gasteiger partial charge >= 0.3 is 18.5 Å². The molecule has 6 nitrogen and oxygen atoms in total. The molecule has 1 unspecified atom stereocenters. The summed E-state index contributed by atoms with van der Waals surface area (Å²) in [5.41, 5.74) is -6.66. The summed E-state index contributed by atoms with van der Waals surface area (Å²) >= 11 is 5.74. The molecule has 1 aromatic carbocycles. The Hall–Kier alpha value is -2.68. The van der Waals surface area contributed by atoms with Crippen LogP contribution in [0.1, 0.15) is 33.5 Å². The molecule has 0 spiro atoms. The summed E-state index contributed by atoms with van der Waals surface area (Å²) in [5.74, 6) is -1.29. The predicted octanol–water partition coefficient (Wildman–Crippen LogP) is 4.51. The van der Waals surface area contributed by atoms with Crippen molar-refractivity contribution in [2.75, 3.05) is 11.9 Å². The third-order valence-electron chi connectivity index (χ3n) is 3.87. The zero-order chi connectivity index (χ0) is 24.6. The molecule has 1 aromatic heterocycles. The number of halogens is 10. The van der Waals surface area contributed by atoms with Crippen molar-refractivity contribution in [3.05, 3.63) is 45.7 Å². The Labute approximate surface area is 177 Å². The van der Waals surface area contributed by atoms with Gasteiger partial charge in [0.1, 0.15) is 12.1 Å². The van der Waals surface area contributed by atoms with Crippen LogP contribution in [-0.2, 0) is 19.4 Å². The summed E-state index contributed by atoms with van der Waals surface area (Å²) in [5, 5.41) is 16.2. The molecule has 2 aromatic rings. The van der Waals surface area contributed by atoms with E-state index in [1.807, 2.05) is 5.32 Å². The average Bonchev–Trinajstić information content (AvgIpc) is 2.99. The Bertz CT molecular complexity index is 999. The van der Waals surface area contributed by atoms with Gasteiger partial charge in [-0.2, -0.15) is 44.6 Å². The first-order valence-corrected chi connectivity index (χ1v) is 8.60. The van der Waals surface area contributed by atoms with Crippen molar-refractivity contribution in [2.24, 2.45) is 7.05 Å². The number of anilines is 1. The number of aryl methyl sites for hydroxylation is 1. The first-order chi connectivity index (χ1) is 14.4. The molecule has 0 radical (unpaired) electrons. The van der Waals surface area contributed by atoms with Crippen LogP contribution in [0.3, 0.4) is 0 Å². The van der Waals surface area contributed by atoms with Gasteiger partial charge in [-0.25, -0.2) is 0 Å². The molecule has 0 saturated heterocycles. The number of aliphatic hydroxyl groups excluding tert-OH is 1. The van der Waals surface area contributed by atoms with Crippen molar-refractivity contribution >= 4 is 23.2 Å². The second-order valence-electron chi connectivity index (χ2n) is 6.27. The molecule has 16 heteroatoms. The number of benzene rings is 1. The van der Waals surface area contributed by atoms with Crippen molar-refractivity contribution < 1.29 is 49.4 Å². The Morgan fingerprint density at radius 2 is 1.72 bits per heavy atom. The number of aromatic nitrogens is 2. The average molecular weight is 499 g/mol. The Morgan fingerprint density at radius 3 is 2.22 bits per heavy atom. The minimum Gasteiger partial charge on any atom is -0.368 e. The molecule has 178 valence electrons. The van der Waals surface area contributed by atoms with Gasteiger partial charge in [-0.3, -0.25) is 9.48 Å². The second kappa shape index (κ2) is 8.69. The highest BCUT2D eigenvalue weighted by molar-refractivity contribution is 6.34. The number of aliphatic hydroxyl groups is 1. The molecule has 0 saturated carbocycles. The van der Waals surface area contributed by atoms with Crippen molar-refractivity contribution in [3.8, 4) is 0 Å². The van der Waals surface area contributed by atoms with Gasteiger partial charge in [0.05, 0.1) is 16.3 Å². The van der Waals surface area contributed by atoms with Crippen molar-refractivity contribution in [3.63, 3.8) is 0 Å². The van der Waals surface area contributed by atoms with Gasteiger partial charge in [0.25, 0.3) is 5.91 Å². The highest BCUT2D eigenvalue weighted by atomic mass is 35.5. The fourth-order valence-electron chi connectivity index (χ4n) is 2.62. The maximum Gasteiger partial charge on any atom is 0.435 e.